The Labute approximate surface area is 61.2 Å². The third kappa shape index (κ3) is 3.58. The maximum Gasteiger partial charge on any atom is 0.152 e. The number of rotatable bonds is 4. The summed E-state index contributed by atoms with van der Waals surface area (Å²) >= 11 is 0. The van der Waals surface area contributed by atoms with E-state index < -0.39 is 6.04 Å². The number of carbonyl (C=O) groups is 1. The highest BCUT2D eigenvalue weighted by Gasteiger charge is 2.12. The van der Waals surface area contributed by atoms with Gasteiger partial charge in [0.1, 0.15) is 0 Å². The van der Waals surface area contributed by atoms with Gasteiger partial charge in [-0.25, -0.2) is 0 Å². The number of carbonyl (C=O) groups excluding carboxylic acids is 1. The van der Waals surface area contributed by atoms with Gasteiger partial charge in [-0.15, -0.1) is 0 Å². The predicted octanol–water partition coefficient (Wildman–Crippen LogP) is -0.121. The van der Waals surface area contributed by atoms with Crippen LogP contribution in [0.5, 0.6) is 0 Å². The second kappa shape index (κ2) is 4.41. The summed E-state index contributed by atoms with van der Waals surface area (Å²) in [5, 5.41) is 8.46. The summed E-state index contributed by atoms with van der Waals surface area (Å²) < 4.78 is 0. The van der Waals surface area contributed by atoms with Crippen LogP contribution >= 0.6 is 0 Å². The Hall–Kier alpha value is -0.410. The molecule has 1 atom stereocenters. The monoisotopic (exact) mass is 144 g/mol. The van der Waals surface area contributed by atoms with E-state index in [2.05, 4.69) is 0 Å². The molecule has 0 aromatic carbocycles. The van der Waals surface area contributed by atoms with Gasteiger partial charge in [0.25, 0.3) is 0 Å². The zero-order chi connectivity index (χ0) is 8.15. The van der Waals surface area contributed by atoms with Gasteiger partial charge in [-0.2, -0.15) is 0 Å². The Bertz CT molecular complexity index is 112. The summed E-state index contributed by atoms with van der Waals surface area (Å²) in [4.78, 5) is 10.9. The van der Waals surface area contributed by atoms with Gasteiger partial charge in [-0.3, -0.25) is 4.79 Å². The van der Waals surface area contributed by atoms with Crippen molar-refractivity contribution in [3.05, 3.63) is 5.92 Å². The van der Waals surface area contributed by atoms with Gasteiger partial charge in [-0.1, -0.05) is 13.8 Å². The third-order valence-electron chi connectivity index (χ3n) is 1.14. The van der Waals surface area contributed by atoms with Crippen LogP contribution in [0.25, 0.3) is 0 Å². The number of nitrogens with two attached hydrogens (primary N) is 1. The second-order valence-corrected chi connectivity index (χ2v) is 2.64. The van der Waals surface area contributed by atoms with Gasteiger partial charge in [0.15, 0.2) is 5.78 Å². The van der Waals surface area contributed by atoms with Crippen LogP contribution in [0.3, 0.4) is 0 Å². The largest absolute Gasteiger partial charge is 0.394 e. The summed E-state index contributed by atoms with van der Waals surface area (Å²) in [6.07, 6.45) is 0.377. The fourth-order valence-electron chi connectivity index (χ4n) is 0.581. The van der Waals surface area contributed by atoms with Gasteiger partial charge < -0.3 is 10.8 Å². The summed E-state index contributed by atoms with van der Waals surface area (Å²) in [6, 6.07) is -0.699. The minimum atomic E-state index is -0.699. The Balaban J connectivity index is 3.62. The summed E-state index contributed by atoms with van der Waals surface area (Å²) in [7, 11) is 0. The molecule has 3 N–H and O–H groups in total. The lowest BCUT2D eigenvalue weighted by atomic mass is 10.0. The second-order valence-electron chi connectivity index (χ2n) is 2.64. The molecule has 0 unspecified atom stereocenters. The van der Waals surface area contributed by atoms with Gasteiger partial charge in [0, 0.05) is 6.42 Å². The molecule has 0 fully saturated rings. The molecule has 0 saturated carbocycles. The van der Waals surface area contributed by atoms with Gasteiger partial charge >= 0.3 is 0 Å². The van der Waals surface area contributed by atoms with E-state index in [9.17, 15) is 4.79 Å². The number of hydrogen-bond donors (Lipinski definition) is 2. The lowest BCUT2D eigenvalue weighted by molar-refractivity contribution is -0.120. The first-order valence-corrected chi connectivity index (χ1v) is 3.26. The number of ketones is 1. The number of aliphatic hydroxyl groups is 1. The van der Waals surface area contributed by atoms with Crippen molar-refractivity contribution in [2.24, 2.45) is 5.73 Å². The van der Waals surface area contributed by atoms with E-state index in [1.807, 2.05) is 13.8 Å². The van der Waals surface area contributed by atoms with Crippen LogP contribution < -0.4 is 5.73 Å². The molecule has 0 rings (SSSR count). The quantitative estimate of drug-likeness (QED) is 0.578. The molecule has 0 saturated heterocycles. The van der Waals surface area contributed by atoms with E-state index >= 15 is 0 Å². The molecule has 3 heteroatoms. The molecule has 0 amide bonds. The maximum atomic E-state index is 10.9. The van der Waals surface area contributed by atoms with E-state index in [-0.39, 0.29) is 12.4 Å². The molecule has 0 aliphatic carbocycles. The molecule has 3 nitrogen and oxygen atoms in total. The topological polar surface area (TPSA) is 63.3 Å². The van der Waals surface area contributed by atoms with Crippen molar-refractivity contribution in [3.8, 4) is 0 Å². The minimum Gasteiger partial charge on any atom is -0.394 e. The molecule has 0 bridgehead atoms. The maximum absolute atomic E-state index is 10.9. The van der Waals surface area contributed by atoms with Crippen LogP contribution in [0.4, 0.5) is 0 Å². The molecule has 0 heterocycles. The average molecular weight is 144 g/mol. The SMILES string of the molecule is C[C](C)CC(=O)[C@@H](N)CO. The smallest absolute Gasteiger partial charge is 0.152 e. The fraction of sp³-hybridized carbons (Fsp3) is 0.714. The molecule has 0 aromatic heterocycles. The van der Waals surface area contributed by atoms with E-state index in [0.717, 1.165) is 5.92 Å². The van der Waals surface area contributed by atoms with Gasteiger partial charge in [0.2, 0.25) is 0 Å². The van der Waals surface area contributed by atoms with Crippen LogP contribution in [0.15, 0.2) is 0 Å². The lowest BCUT2D eigenvalue weighted by Crippen LogP contribution is -2.34. The van der Waals surface area contributed by atoms with E-state index in [1.165, 1.54) is 0 Å². The van der Waals surface area contributed by atoms with E-state index in [4.69, 9.17) is 10.8 Å². The van der Waals surface area contributed by atoms with Crippen molar-refractivity contribution in [3.63, 3.8) is 0 Å². The zero-order valence-electron chi connectivity index (χ0n) is 6.42. The molecule has 59 valence electrons. The fourth-order valence-corrected chi connectivity index (χ4v) is 0.581. The highest BCUT2D eigenvalue weighted by Crippen LogP contribution is 2.03. The normalized spacial score (nSPS) is 13.7. The Morgan fingerprint density at radius 1 is 1.60 bits per heavy atom. The Morgan fingerprint density at radius 2 is 2.10 bits per heavy atom. The van der Waals surface area contributed by atoms with Crippen molar-refractivity contribution in [2.75, 3.05) is 6.61 Å². The van der Waals surface area contributed by atoms with Crippen LogP contribution in [-0.4, -0.2) is 23.5 Å². The minimum absolute atomic E-state index is 0.0949. The molecule has 10 heavy (non-hydrogen) atoms. The third-order valence-corrected chi connectivity index (χ3v) is 1.14. The first kappa shape index (κ1) is 9.59. The lowest BCUT2D eigenvalue weighted by Gasteiger charge is -2.07. The first-order valence-electron chi connectivity index (χ1n) is 3.26. The first-order chi connectivity index (χ1) is 4.57. The van der Waals surface area contributed by atoms with Crippen LogP contribution in [0.1, 0.15) is 20.3 Å². The predicted molar refractivity (Wildman–Crippen MR) is 39.3 cm³/mol. The van der Waals surface area contributed by atoms with E-state index in [0.29, 0.717) is 6.42 Å². The van der Waals surface area contributed by atoms with Gasteiger partial charge in [0.05, 0.1) is 12.6 Å². The highest BCUT2D eigenvalue weighted by atomic mass is 16.3. The summed E-state index contributed by atoms with van der Waals surface area (Å²) in [5.74, 6) is 0.927. The van der Waals surface area contributed by atoms with Crippen LogP contribution in [-0.2, 0) is 4.79 Å². The molecule has 0 aromatic rings. The molecule has 0 spiro atoms. The summed E-state index contributed by atoms with van der Waals surface area (Å²) in [6.45, 7) is 3.47. The van der Waals surface area contributed by atoms with Crippen molar-refractivity contribution in [2.45, 2.75) is 26.3 Å². The van der Waals surface area contributed by atoms with Crippen molar-refractivity contribution in [1.82, 2.24) is 0 Å². The number of hydrogen-bond acceptors (Lipinski definition) is 3. The van der Waals surface area contributed by atoms with E-state index in [1.54, 1.807) is 0 Å². The molecular formula is C7H14NO2. The Kier molecular flexibility index (Phi) is 4.23. The van der Waals surface area contributed by atoms with Crippen molar-refractivity contribution >= 4 is 5.78 Å². The van der Waals surface area contributed by atoms with Crippen LogP contribution in [0.2, 0.25) is 0 Å². The molecule has 1 radical (unpaired) electrons. The highest BCUT2D eigenvalue weighted by molar-refractivity contribution is 5.85. The van der Waals surface area contributed by atoms with Crippen LogP contribution in [0, 0.1) is 5.92 Å². The standard InChI is InChI=1S/C7H14NO2/c1-5(2)3-7(10)6(8)4-9/h6,9H,3-4,8H2,1-2H3/t6-/m0/s1. The molecule has 0 aliphatic heterocycles. The number of aliphatic hydroxyl groups excluding tert-OH is 1. The zero-order valence-corrected chi connectivity index (χ0v) is 6.42. The molecule has 0 aliphatic rings. The summed E-state index contributed by atoms with van der Waals surface area (Å²) in [5.41, 5.74) is 5.25. The average Bonchev–Trinajstić information content (AvgIpc) is 1.85. The molecular weight excluding hydrogens is 130 g/mol. The Morgan fingerprint density at radius 3 is 2.40 bits per heavy atom. The number of Topliss-reactive ketones (excluding diaryl/α,β-unsaturated/α-hetero) is 1. The van der Waals surface area contributed by atoms with Gasteiger partial charge in [-0.05, 0) is 5.92 Å². The van der Waals surface area contributed by atoms with Crippen molar-refractivity contribution < 1.29 is 9.90 Å². The van der Waals surface area contributed by atoms with Crippen molar-refractivity contribution in [1.29, 1.82) is 0 Å².